The summed E-state index contributed by atoms with van der Waals surface area (Å²) < 4.78 is 7.42. The van der Waals surface area contributed by atoms with Crippen LogP contribution >= 0.6 is 0 Å². The summed E-state index contributed by atoms with van der Waals surface area (Å²) in [4.78, 5) is 7.31. The minimum absolute atomic E-state index is 0.286. The van der Waals surface area contributed by atoms with Crippen molar-refractivity contribution in [1.29, 1.82) is 0 Å². The van der Waals surface area contributed by atoms with Crippen molar-refractivity contribution < 1.29 is 4.74 Å². The zero-order valence-electron chi connectivity index (χ0n) is 23.3. The van der Waals surface area contributed by atoms with Crippen molar-refractivity contribution in [2.75, 3.05) is 24.3 Å². The minimum Gasteiger partial charge on any atom is -0.378 e. The lowest BCUT2D eigenvalue weighted by Crippen LogP contribution is -2.51. The molecule has 2 bridgehead atoms. The van der Waals surface area contributed by atoms with E-state index in [4.69, 9.17) is 10.5 Å². The van der Waals surface area contributed by atoms with Gasteiger partial charge in [0, 0.05) is 29.4 Å². The van der Waals surface area contributed by atoms with Crippen molar-refractivity contribution in [1.82, 2.24) is 29.9 Å². The lowest BCUT2D eigenvalue weighted by atomic mass is 10.0. The average Bonchev–Trinajstić information content (AvgIpc) is 3.29. The van der Waals surface area contributed by atoms with E-state index in [1.54, 1.807) is 4.68 Å². The van der Waals surface area contributed by atoms with E-state index in [9.17, 15) is 0 Å². The fourth-order valence-corrected chi connectivity index (χ4v) is 7.58. The second-order valence-corrected chi connectivity index (χ2v) is 12.0. The van der Waals surface area contributed by atoms with Gasteiger partial charge in [-0.1, -0.05) is 30.3 Å². The van der Waals surface area contributed by atoms with Crippen LogP contribution in [0.1, 0.15) is 54.4 Å². The quantitative estimate of drug-likeness (QED) is 0.355. The van der Waals surface area contributed by atoms with E-state index in [2.05, 4.69) is 79.0 Å². The number of nitrogens with zero attached hydrogens (tertiary/aromatic N) is 6. The van der Waals surface area contributed by atoms with Gasteiger partial charge in [0.05, 0.1) is 18.9 Å². The Hall–Kier alpha value is -3.82. The summed E-state index contributed by atoms with van der Waals surface area (Å²) in [5.41, 5.74) is 14.8. The number of fused-ring (bicyclic) bond motifs is 6. The Labute approximate surface area is 240 Å². The summed E-state index contributed by atoms with van der Waals surface area (Å²) in [6, 6.07) is 19.1. The second kappa shape index (κ2) is 10.2. The summed E-state index contributed by atoms with van der Waals surface area (Å²) in [5, 5.41) is 17.2. The normalized spacial score (nSPS) is 23.7. The second-order valence-electron chi connectivity index (χ2n) is 12.0. The van der Waals surface area contributed by atoms with Gasteiger partial charge in [-0.2, -0.15) is 9.67 Å². The average molecular weight is 549 g/mol. The smallest absolute Gasteiger partial charge is 0.248 e. The number of nitrogens with one attached hydrogen (secondary N) is 1. The van der Waals surface area contributed by atoms with Crippen molar-refractivity contribution in [3.8, 4) is 17.1 Å². The fraction of sp³-hybridized carbons (Fsp3) is 0.438. The molecule has 9 heteroatoms. The molecule has 0 radical (unpaired) electrons. The van der Waals surface area contributed by atoms with Gasteiger partial charge in [0.2, 0.25) is 11.9 Å². The molecule has 0 amide bonds. The van der Waals surface area contributed by atoms with E-state index in [0.717, 1.165) is 56.7 Å². The molecular formula is C32H36N8O. The largest absolute Gasteiger partial charge is 0.378 e. The van der Waals surface area contributed by atoms with E-state index >= 15 is 0 Å². The molecule has 9 nitrogen and oxygen atoms in total. The number of ether oxygens (including phenoxy) is 1. The highest BCUT2D eigenvalue weighted by molar-refractivity contribution is 5.68. The lowest BCUT2D eigenvalue weighted by Gasteiger charge is -2.40. The van der Waals surface area contributed by atoms with Gasteiger partial charge in [-0.05, 0) is 98.2 Å². The monoisotopic (exact) mass is 548 g/mol. The van der Waals surface area contributed by atoms with Gasteiger partial charge in [-0.25, -0.2) is 0 Å². The van der Waals surface area contributed by atoms with Crippen molar-refractivity contribution in [3.63, 3.8) is 0 Å². The summed E-state index contributed by atoms with van der Waals surface area (Å²) >= 11 is 0. The maximum Gasteiger partial charge on any atom is 0.248 e. The third-order valence-electron chi connectivity index (χ3n) is 9.55. The molecule has 3 atom stereocenters. The summed E-state index contributed by atoms with van der Waals surface area (Å²) in [6.07, 6.45) is 10.3. The van der Waals surface area contributed by atoms with Crippen molar-refractivity contribution in [3.05, 3.63) is 70.8 Å². The number of morpholine rings is 1. The van der Waals surface area contributed by atoms with Crippen molar-refractivity contribution in [2.24, 2.45) is 0 Å². The number of anilines is 3. The summed E-state index contributed by atoms with van der Waals surface area (Å²) in [6.45, 7) is 1.81. The molecule has 2 aromatic heterocycles. The minimum atomic E-state index is 0.286. The highest BCUT2D eigenvalue weighted by atomic mass is 16.5. The lowest BCUT2D eigenvalue weighted by molar-refractivity contribution is -0.0389. The van der Waals surface area contributed by atoms with Crippen LogP contribution in [-0.4, -0.2) is 61.2 Å². The number of nitrogens with two attached hydrogens (primary N) is 1. The van der Waals surface area contributed by atoms with Crippen LogP contribution in [0.5, 0.6) is 0 Å². The third kappa shape index (κ3) is 4.57. The maximum absolute atomic E-state index is 6.32. The number of nitrogen functional groups attached to an aromatic ring is 1. The Morgan fingerprint density at radius 1 is 0.780 bits per heavy atom. The molecule has 4 aromatic rings. The molecule has 41 heavy (non-hydrogen) atoms. The third-order valence-corrected chi connectivity index (χ3v) is 9.55. The van der Waals surface area contributed by atoms with Crippen LogP contribution in [-0.2, 0) is 30.4 Å². The zero-order valence-corrected chi connectivity index (χ0v) is 23.3. The highest BCUT2D eigenvalue weighted by Gasteiger charge is 2.41. The molecule has 2 aliphatic heterocycles. The predicted octanol–water partition coefficient (Wildman–Crippen LogP) is 4.65. The number of rotatable bonds is 4. The van der Waals surface area contributed by atoms with Gasteiger partial charge in [0.15, 0.2) is 5.82 Å². The van der Waals surface area contributed by atoms with E-state index in [1.807, 2.05) is 0 Å². The molecule has 0 saturated carbocycles. The molecule has 4 aliphatic rings. The van der Waals surface area contributed by atoms with Crippen LogP contribution in [0.2, 0.25) is 0 Å². The van der Waals surface area contributed by atoms with Gasteiger partial charge in [0.25, 0.3) is 0 Å². The predicted molar refractivity (Wildman–Crippen MR) is 158 cm³/mol. The van der Waals surface area contributed by atoms with Crippen LogP contribution in [0.3, 0.4) is 0 Å². The van der Waals surface area contributed by atoms with E-state index in [-0.39, 0.29) is 5.95 Å². The van der Waals surface area contributed by atoms with E-state index in [1.165, 1.54) is 53.5 Å². The molecule has 2 aliphatic carbocycles. The van der Waals surface area contributed by atoms with E-state index in [0.29, 0.717) is 29.9 Å². The number of hydrogen-bond donors (Lipinski definition) is 2. The number of aryl methyl sites for hydroxylation is 4. The van der Waals surface area contributed by atoms with Crippen molar-refractivity contribution >= 4 is 17.6 Å². The molecule has 2 fully saturated rings. The van der Waals surface area contributed by atoms with Crippen molar-refractivity contribution in [2.45, 2.75) is 75.9 Å². The fourth-order valence-electron chi connectivity index (χ4n) is 7.58. The highest BCUT2D eigenvalue weighted by Crippen LogP contribution is 2.36. The topological polar surface area (TPSA) is 107 Å². The Bertz CT molecular complexity index is 1580. The molecule has 2 aromatic carbocycles. The molecule has 3 N–H and O–H groups in total. The summed E-state index contributed by atoms with van der Waals surface area (Å²) in [5.74, 6) is 1.33. The first kappa shape index (κ1) is 24.9. The Morgan fingerprint density at radius 3 is 2.46 bits per heavy atom. The first-order valence-corrected chi connectivity index (χ1v) is 15.1. The van der Waals surface area contributed by atoms with Gasteiger partial charge in [-0.15, -0.1) is 15.3 Å². The maximum atomic E-state index is 6.32. The Kier molecular flexibility index (Phi) is 6.22. The Balaban J connectivity index is 1.00. The SMILES string of the molecule is Nc1nc(Nc2ccc3c(c2)CC[C@H](N2C4CCC2COC4)CC3)nn1-c1cc2c(nn1)-c1ccccc1CCC2. The Morgan fingerprint density at radius 2 is 1.59 bits per heavy atom. The van der Waals surface area contributed by atoms with Gasteiger partial charge in [0.1, 0.15) is 0 Å². The van der Waals surface area contributed by atoms with Gasteiger partial charge < -0.3 is 15.8 Å². The van der Waals surface area contributed by atoms with Crippen LogP contribution in [0.15, 0.2) is 48.5 Å². The van der Waals surface area contributed by atoms with Crippen LogP contribution in [0.25, 0.3) is 17.1 Å². The number of benzene rings is 2. The number of aromatic nitrogens is 5. The standard InChI is InChI=1S/C32H36N8O/c33-31-35-32(38-40(31)29-17-23-6-3-5-21-4-1-2-7-28(21)30(23)37-36-29)34-24-11-8-20-9-12-25(13-10-22(20)16-24)39-26-14-15-27(39)19-41-18-26/h1-2,4,7-8,11,16-17,25-27H,3,5-6,9-10,12-15,18-19H2,(H3,33,34,35,38)/t25-,26?,27?/m1/s1. The molecular weight excluding hydrogens is 512 g/mol. The number of hydrogen-bond acceptors (Lipinski definition) is 8. The van der Waals surface area contributed by atoms with Crippen LogP contribution in [0.4, 0.5) is 17.6 Å². The van der Waals surface area contributed by atoms with Crippen LogP contribution < -0.4 is 11.1 Å². The molecule has 210 valence electrons. The van der Waals surface area contributed by atoms with Gasteiger partial charge >= 0.3 is 0 Å². The first-order valence-electron chi connectivity index (χ1n) is 15.1. The first-order chi connectivity index (χ1) is 20.2. The van der Waals surface area contributed by atoms with Gasteiger partial charge in [-0.3, -0.25) is 4.90 Å². The molecule has 4 heterocycles. The summed E-state index contributed by atoms with van der Waals surface area (Å²) in [7, 11) is 0. The zero-order chi connectivity index (χ0) is 27.3. The molecule has 2 unspecified atom stereocenters. The molecule has 2 saturated heterocycles. The van der Waals surface area contributed by atoms with E-state index < -0.39 is 0 Å². The van der Waals surface area contributed by atoms with Crippen LogP contribution in [0, 0.1) is 0 Å². The molecule has 8 rings (SSSR count). The molecule has 0 spiro atoms.